The van der Waals surface area contributed by atoms with E-state index in [1.807, 2.05) is 6.92 Å². The van der Waals surface area contributed by atoms with Gasteiger partial charge < -0.3 is 10.1 Å². The van der Waals surface area contributed by atoms with E-state index < -0.39 is 29.5 Å². The first-order valence-electron chi connectivity index (χ1n) is 13.3. The van der Waals surface area contributed by atoms with E-state index in [9.17, 15) is 31.1 Å². The Kier molecular flexibility index (Phi) is 9.04. The summed E-state index contributed by atoms with van der Waals surface area (Å²) in [4.78, 5) is 21.0. The average Bonchev–Trinajstić information content (AvgIpc) is 3.14. The minimum absolute atomic E-state index is 0.0230. The zero-order chi connectivity index (χ0) is 29.8. The van der Waals surface area contributed by atoms with Crippen molar-refractivity contribution < 1.29 is 35.9 Å². The molecule has 0 fully saturated rings. The fourth-order valence-electron chi connectivity index (χ4n) is 4.88. The first-order valence-corrected chi connectivity index (χ1v) is 13.3. The Labute approximate surface area is 233 Å². The second kappa shape index (κ2) is 12.3. The zero-order valence-electron chi connectivity index (χ0n) is 22.5. The zero-order valence-corrected chi connectivity index (χ0v) is 22.5. The molecule has 3 aromatic rings. The van der Waals surface area contributed by atoms with Gasteiger partial charge in [0, 0.05) is 17.5 Å². The minimum atomic E-state index is -4.55. The SMILES string of the molecule is CCOC(=O)CCc1nc(Nc2ccc(C(F)(F)F)cc2)c2ccc(C3=C(C(F)(F)F)C=CCCC3CC)cc2n1. The number of benzene rings is 2. The fourth-order valence-corrected chi connectivity index (χ4v) is 4.88. The Morgan fingerprint density at radius 1 is 1.00 bits per heavy atom. The molecule has 1 aromatic heterocycles. The van der Waals surface area contributed by atoms with Gasteiger partial charge in [-0.1, -0.05) is 25.1 Å². The molecule has 1 N–H and O–H groups in total. The number of allylic oxidation sites excluding steroid dienone is 4. The number of esters is 1. The number of rotatable bonds is 8. The van der Waals surface area contributed by atoms with E-state index in [1.165, 1.54) is 12.1 Å². The molecule has 218 valence electrons. The third-order valence-electron chi connectivity index (χ3n) is 6.85. The number of nitrogens with zero attached hydrogens (tertiary/aromatic N) is 2. The van der Waals surface area contributed by atoms with Gasteiger partial charge in [0.15, 0.2) is 0 Å². The van der Waals surface area contributed by atoms with Crippen molar-refractivity contribution in [1.82, 2.24) is 9.97 Å². The van der Waals surface area contributed by atoms with Crippen LogP contribution in [0.1, 0.15) is 56.5 Å². The molecule has 4 rings (SSSR count). The average molecular weight is 578 g/mol. The van der Waals surface area contributed by atoms with E-state index >= 15 is 0 Å². The van der Waals surface area contributed by atoms with Gasteiger partial charge in [0.25, 0.3) is 0 Å². The molecule has 1 aliphatic rings. The summed E-state index contributed by atoms with van der Waals surface area (Å²) in [5, 5.41) is 3.46. The summed E-state index contributed by atoms with van der Waals surface area (Å²) < 4.78 is 86.5. The number of nitrogens with one attached hydrogen (secondary N) is 1. The Morgan fingerprint density at radius 2 is 1.73 bits per heavy atom. The molecule has 0 radical (unpaired) electrons. The van der Waals surface area contributed by atoms with Crippen molar-refractivity contribution in [3.63, 3.8) is 0 Å². The van der Waals surface area contributed by atoms with E-state index in [4.69, 9.17) is 4.74 Å². The quantitative estimate of drug-likeness (QED) is 0.215. The first-order chi connectivity index (χ1) is 19.4. The monoisotopic (exact) mass is 577 g/mol. The predicted octanol–water partition coefficient (Wildman–Crippen LogP) is 8.58. The van der Waals surface area contributed by atoms with Crippen LogP contribution in [0, 0.1) is 5.92 Å². The van der Waals surface area contributed by atoms with Crippen molar-refractivity contribution in [1.29, 1.82) is 0 Å². The minimum Gasteiger partial charge on any atom is -0.466 e. The number of carbonyl (C=O) groups excluding carboxylic acids is 1. The molecule has 0 saturated carbocycles. The summed E-state index contributed by atoms with van der Waals surface area (Å²) in [5.41, 5.74) is -0.283. The van der Waals surface area contributed by atoms with Crippen LogP contribution >= 0.6 is 0 Å². The highest BCUT2D eigenvalue weighted by Crippen LogP contribution is 2.42. The molecule has 11 heteroatoms. The Bertz CT molecular complexity index is 1460. The second-order valence-electron chi connectivity index (χ2n) is 9.64. The van der Waals surface area contributed by atoms with Crippen LogP contribution in [0.5, 0.6) is 0 Å². The van der Waals surface area contributed by atoms with Crippen molar-refractivity contribution in [2.24, 2.45) is 5.92 Å². The van der Waals surface area contributed by atoms with Gasteiger partial charge in [-0.2, -0.15) is 26.3 Å². The van der Waals surface area contributed by atoms with Gasteiger partial charge in [-0.05, 0) is 79.6 Å². The van der Waals surface area contributed by atoms with Crippen molar-refractivity contribution in [2.45, 2.75) is 58.3 Å². The van der Waals surface area contributed by atoms with Gasteiger partial charge in [0.1, 0.15) is 11.6 Å². The molecule has 0 amide bonds. The molecule has 0 spiro atoms. The topological polar surface area (TPSA) is 64.1 Å². The van der Waals surface area contributed by atoms with E-state index in [1.54, 1.807) is 31.2 Å². The molecule has 1 heterocycles. The van der Waals surface area contributed by atoms with Gasteiger partial charge in [0.2, 0.25) is 0 Å². The lowest BCUT2D eigenvalue weighted by atomic mass is 9.84. The van der Waals surface area contributed by atoms with E-state index in [0.29, 0.717) is 41.4 Å². The standard InChI is InChI=1S/C30H29F6N3O2/c1-3-18-7-5-6-8-23(30(34,35)36)27(18)19-9-14-22-24(17-19)38-25(15-16-26(40)41-4-2)39-28(22)37-21-12-10-20(11-13-21)29(31,32)33/h6,8-14,17-18H,3-5,7,15-16H2,1-2H3,(H,37,38,39). The molecule has 0 saturated heterocycles. The van der Waals surface area contributed by atoms with Crippen LogP contribution in [-0.4, -0.2) is 28.7 Å². The summed E-state index contributed by atoms with van der Waals surface area (Å²) in [6, 6.07) is 9.15. The molecule has 41 heavy (non-hydrogen) atoms. The maximum absolute atomic E-state index is 14.1. The number of carbonyl (C=O) groups is 1. The van der Waals surface area contributed by atoms with Crippen LogP contribution in [0.2, 0.25) is 0 Å². The number of aryl methyl sites for hydroxylation is 1. The number of anilines is 2. The summed E-state index contributed by atoms with van der Waals surface area (Å²) >= 11 is 0. The summed E-state index contributed by atoms with van der Waals surface area (Å²) in [5.74, 6) is -0.305. The molecular formula is C30H29F6N3O2. The van der Waals surface area contributed by atoms with Crippen LogP contribution in [0.3, 0.4) is 0 Å². The Balaban J connectivity index is 1.82. The van der Waals surface area contributed by atoms with Gasteiger partial charge in [-0.3, -0.25) is 4.79 Å². The molecule has 2 aromatic carbocycles. The van der Waals surface area contributed by atoms with Gasteiger partial charge in [-0.25, -0.2) is 9.97 Å². The lowest BCUT2D eigenvalue weighted by Crippen LogP contribution is -2.15. The molecular weight excluding hydrogens is 548 g/mol. The Hall–Kier alpha value is -3.89. The number of fused-ring (bicyclic) bond motifs is 1. The molecule has 0 bridgehead atoms. The van der Waals surface area contributed by atoms with E-state index in [2.05, 4.69) is 15.3 Å². The van der Waals surface area contributed by atoms with Crippen LogP contribution in [0.25, 0.3) is 16.5 Å². The number of halogens is 6. The number of alkyl halides is 6. The maximum Gasteiger partial charge on any atom is 0.416 e. The van der Waals surface area contributed by atoms with Gasteiger partial charge >= 0.3 is 18.3 Å². The fraction of sp³-hybridized carbons (Fsp3) is 0.367. The molecule has 5 nitrogen and oxygen atoms in total. The van der Waals surface area contributed by atoms with Crippen LogP contribution in [0.15, 0.2) is 60.2 Å². The third-order valence-corrected chi connectivity index (χ3v) is 6.85. The van der Waals surface area contributed by atoms with E-state index in [-0.39, 0.29) is 42.6 Å². The number of ether oxygens (including phenoxy) is 1. The highest BCUT2D eigenvalue weighted by atomic mass is 19.4. The van der Waals surface area contributed by atoms with Crippen molar-refractivity contribution in [3.8, 4) is 0 Å². The highest BCUT2D eigenvalue weighted by Gasteiger charge is 2.37. The van der Waals surface area contributed by atoms with Crippen molar-refractivity contribution in [2.75, 3.05) is 11.9 Å². The van der Waals surface area contributed by atoms with Gasteiger partial charge in [0.05, 0.1) is 29.7 Å². The number of aromatic nitrogens is 2. The molecule has 1 unspecified atom stereocenters. The lowest BCUT2D eigenvalue weighted by Gasteiger charge is -2.22. The molecule has 1 atom stereocenters. The van der Waals surface area contributed by atoms with Crippen molar-refractivity contribution in [3.05, 3.63) is 77.1 Å². The van der Waals surface area contributed by atoms with Crippen LogP contribution in [-0.2, 0) is 22.1 Å². The first kappa shape index (κ1) is 30.1. The molecule has 0 aliphatic heterocycles. The van der Waals surface area contributed by atoms with Crippen LogP contribution < -0.4 is 5.32 Å². The summed E-state index contributed by atoms with van der Waals surface area (Å²) in [6.07, 6.45) is -4.69. The second-order valence-corrected chi connectivity index (χ2v) is 9.64. The largest absolute Gasteiger partial charge is 0.466 e. The summed E-state index contributed by atoms with van der Waals surface area (Å²) in [6.45, 7) is 3.73. The lowest BCUT2D eigenvalue weighted by molar-refractivity contribution is -0.143. The van der Waals surface area contributed by atoms with Crippen molar-refractivity contribution >= 4 is 34.0 Å². The summed E-state index contributed by atoms with van der Waals surface area (Å²) in [7, 11) is 0. The number of hydrogen-bond donors (Lipinski definition) is 1. The van der Waals surface area contributed by atoms with Crippen LogP contribution in [0.4, 0.5) is 37.8 Å². The van der Waals surface area contributed by atoms with Gasteiger partial charge in [-0.15, -0.1) is 0 Å². The number of hydrogen-bond acceptors (Lipinski definition) is 5. The Morgan fingerprint density at radius 3 is 2.37 bits per heavy atom. The predicted molar refractivity (Wildman–Crippen MR) is 144 cm³/mol. The highest BCUT2D eigenvalue weighted by molar-refractivity contribution is 5.93. The maximum atomic E-state index is 14.1. The smallest absolute Gasteiger partial charge is 0.416 e. The third kappa shape index (κ3) is 7.25. The van der Waals surface area contributed by atoms with E-state index in [0.717, 1.165) is 18.2 Å². The molecule has 1 aliphatic carbocycles. The normalized spacial score (nSPS) is 16.1.